The van der Waals surface area contributed by atoms with Gasteiger partial charge in [0.15, 0.2) is 6.61 Å². The number of hydrogen-bond acceptors (Lipinski definition) is 5. The Kier molecular flexibility index (Phi) is 5.97. The standard InChI is InChI=1S/C17H12F3N3O4/c18-17(19,20)10-27-15-6-5-13(7-12(15)9-21)22-16(24)8-11-3-1-2-4-14(11)23(25)26/h1-7H,8,10H2,(H,22,24). The van der Waals surface area contributed by atoms with Crippen LogP contribution in [0.3, 0.4) is 0 Å². The molecule has 0 radical (unpaired) electrons. The maximum Gasteiger partial charge on any atom is 0.422 e. The van der Waals surface area contributed by atoms with E-state index in [0.29, 0.717) is 0 Å². The summed E-state index contributed by atoms with van der Waals surface area (Å²) in [5.74, 6) is -0.858. The van der Waals surface area contributed by atoms with Crippen molar-refractivity contribution in [2.24, 2.45) is 0 Å². The molecule has 0 aliphatic rings. The Morgan fingerprint density at radius 3 is 2.59 bits per heavy atom. The number of nitrogens with zero attached hydrogens (tertiary/aromatic N) is 2. The number of halogens is 3. The van der Waals surface area contributed by atoms with Gasteiger partial charge in [-0.05, 0) is 18.2 Å². The van der Waals surface area contributed by atoms with Crippen LogP contribution in [0, 0.1) is 21.4 Å². The van der Waals surface area contributed by atoms with Crippen LogP contribution in [0.2, 0.25) is 0 Å². The molecule has 0 aliphatic carbocycles. The lowest BCUT2D eigenvalue weighted by Gasteiger charge is -2.12. The Balaban J connectivity index is 2.10. The van der Waals surface area contributed by atoms with E-state index in [1.54, 1.807) is 12.1 Å². The lowest BCUT2D eigenvalue weighted by Crippen LogP contribution is -2.19. The number of carbonyl (C=O) groups excluding carboxylic acids is 1. The lowest BCUT2D eigenvalue weighted by molar-refractivity contribution is -0.385. The molecule has 0 saturated heterocycles. The first-order valence-electron chi connectivity index (χ1n) is 7.45. The summed E-state index contributed by atoms with van der Waals surface area (Å²) in [7, 11) is 0. The van der Waals surface area contributed by atoms with Gasteiger partial charge in [0.2, 0.25) is 5.91 Å². The van der Waals surface area contributed by atoms with Gasteiger partial charge in [0.1, 0.15) is 11.8 Å². The normalized spacial score (nSPS) is 10.7. The first-order chi connectivity index (χ1) is 12.7. The maximum atomic E-state index is 12.2. The highest BCUT2D eigenvalue weighted by atomic mass is 19.4. The van der Waals surface area contributed by atoms with Crippen molar-refractivity contribution in [2.75, 3.05) is 11.9 Å². The zero-order chi connectivity index (χ0) is 20.0. The first kappa shape index (κ1) is 19.7. The zero-order valence-electron chi connectivity index (χ0n) is 13.6. The minimum Gasteiger partial charge on any atom is -0.483 e. The van der Waals surface area contributed by atoms with Crippen molar-refractivity contribution in [3.63, 3.8) is 0 Å². The van der Waals surface area contributed by atoms with Crippen LogP contribution in [-0.4, -0.2) is 23.6 Å². The summed E-state index contributed by atoms with van der Waals surface area (Å²) in [6.07, 6.45) is -4.84. The van der Waals surface area contributed by atoms with E-state index < -0.39 is 23.6 Å². The number of hydrogen-bond donors (Lipinski definition) is 1. The van der Waals surface area contributed by atoms with Gasteiger partial charge >= 0.3 is 6.18 Å². The molecule has 140 valence electrons. The highest BCUT2D eigenvalue weighted by molar-refractivity contribution is 5.93. The van der Waals surface area contributed by atoms with Crippen LogP contribution in [-0.2, 0) is 11.2 Å². The Morgan fingerprint density at radius 2 is 1.96 bits per heavy atom. The summed E-state index contributed by atoms with van der Waals surface area (Å²) in [6, 6.07) is 11.0. The van der Waals surface area contributed by atoms with E-state index in [-0.39, 0.29) is 34.7 Å². The van der Waals surface area contributed by atoms with Crippen LogP contribution in [0.1, 0.15) is 11.1 Å². The molecule has 0 aromatic heterocycles. The number of nitrogens with one attached hydrogen (secondary N) is 1. The molecule has 0 aliphatic heterocycles. The molecule has 0 atom stereocenters. The average molecular weight is 379 g/mol. The number of rotatable bonds is 6. The fraction of sp³-hybridized carbons (Fsp3) is 0.176. The molecular weight excluding hydrogens is 367 g/mol. The number of carbonyl (C=O) groups is 1. The molecule has 0 heterocycles. The van der Waals surface area contributed by atoms with Crippen LogP contribution in [0.25, 0.3) is 0 Å². The van der Waals surface area contributed by atoms with Crippen molar-refractivity contribution in [1.82, 2.24) is 0 Å². The molecule has 1 N–H and O–H groups in total. The summed E-state index contributed by atoms with van der Waals surface area (Å²) in [4.78, 5) is 22.5. The molecule has 2 rings (SSSR count). The van der Waals surface area contributed by atoms with Crippen molar-refractivity contribution in [2.45, 2.75) is 12.6 Å². The van der Waals surface area contributed by atoms with E-state index in [4.69, 9.17) is 5.26 Å². The molecule has 27 heavy (non-hydrogen) atoms. The maximum absolute atomic E-state index is 12.2. The number of nitro groups is 1. The molecule has 2 aromatic rings. The second-order valence-corrected chi connectivity index (χ2v) is 5.34. The molecule has 7 nitrogen and oxygen atoms in total. The minimum atomic E-state index is -4.55. The summed E-state index contributed by atoms with van der Waals surface area (Å²) in [5, 5.41) is 22.4. The van der Waals surface area contributed by atoms with Gasteiger partial charge < -0.3 is 10.1 Å². The monoisotopic (exact) mass is 379 g/mol. The lowest BCUT2D eigenvalue weighted by atomic mass is 10.1. The van der Waals surface area contributed by atoms with E-state index in [1.807, 2.05) is 0 Å². The molecule has 1 amide bonds. The van der Waals surface area contributed by atoms with Crippen molar-refractivity contribution >= 4 is 17.3 Å². The van der Waals surface area contributed by atoms with Gasteiger partial charge in [0, 0.05) is 17.3 Å². The number of nitriles is 1. The highest BCUT2D eigenvalue weighted by Crippen LogP contribution is 2.25. The molecule has 2 aromatic carbocycles. The Labute approximate surface area is 151 Å². The van der Waals surface area contributed by atoms with Crippen LogP contribution < -0.4 is 10.1 Å². The van der Waals surface area contributed by atoms with Crippen molar-refractivity contribution < 1.29 is 27.6 Å². The second-order valence-electron chi connectivity index (χ2n) is 5.34. The molecule has 10 heteroatoms. The third kappa shape index (κ3) is 5.71. The Morgan fingerprint density at radius 1 is 1.26 bits per heavy atom. The van der Waals surface area contributed by atoms with E-state index in [2.05, 4.69) is 10.1 Å². The number of alkyl halides is 3. The van der Waals surface area contributed by atoms with E-state index in [9.17, 15) is 28.1 Å². The van der Waals surface area contributed by atoms with Gasteiger partial charge in [-0.15, -0.1) is 0 Å². The van der Waals surface area contributed by atoms with Gasteiger partial charge in [0.25, 0.3) is 5.69 Å². The fourth-order valence-corrected chi connectivity index (χ4v) is 2.20. The molecule has 0 saturated carbocycles. The molecule has 0 unspecified atom stereocenters. The molecule has 0 bridgehead atoms. The van der Waals surface area contributed by atoms with Crippen molar-refractivity contribution in [1.29, 1.82) is 5.26 Å². The van der Waals surface area contributed by atoms with Gasteiger partial charge in [-0.2, -0.15) is 18.4 Å². The topological polar surface area (TPSA) is 105 Å². The van der Waals surface area contributed by atoms with E-state index in [1.165, 1.54) is 24.3 Å². The highest BCUT2D eigenvalue weighted by Gasteiger charge is 2.29. The number of ether oxygens (including phenoxy) is 1. The zero-order valence-corrected chi connectivity index (χ0v) is 13.6. The van der Waals surface area contributed by atoms with Gasteiger partial charge in [-0.1, -0.05) is 18.2 Å². The van der Waals surface area contributed by atoms with E-state index >= 15 is 0 Å². The number of nitro benzene ring substituents is 1. The third-order valence-corrected chi connectivity index (χ3v) is 3.31. The first-order valence-corrected chi connectivity index (χ1v) is 7.45. The smallest absolute Gasteiger partial charge is 0.422 e. The molecule has 0 spiro atoms. The molecular formula is C17H12F3N3O4. The van der Waals surface area contributed by atoms with Crippen molar-refractivity contribution in [3.8, 4) is 11.8 Å². The van der Waals surface area contributed by atoms with Crippen LogP contribution in [0.5, 0.6) is 5.75 Å². The summed E-state index contributed by atoms with van der Waals surface area (Å²) in [5.41, 5.74) is -0.0517. The summed E-state index contributed by atoms with van der Waals surface area (Å²) < 4.78 is 41.2. The number of para-hydroxylation sites is 1. The van der Waals surface area contributed by atoms with Crippen LogP contribution in [0.4, 0.5) is 24.5 Å². The predicted molar refractivity (Wildman–Crippen MR) is 88.1 cm³/mol. The SMILES string of the molecule is N#Cc1cc(NC(=O)Cc2ccccc2[N+](=O)[O-])ccc1OCC(F)(F)F. The largest absolute Gasteiger partial charge is 0.483 e. The van der Waals surface area contributed by atoms with Crippen LogP contribution >= 0.6 is 0 Å². The number of benzene rings is 2. The fourth-order valence-electron chi connectivity index (χ4n) is 2.20. The Bertz CT molecular complexity index is 907. The second kappa shape index (κ2) is 8.18. The molecule has 0 fully saturated rings. The quantitative estimate of drug-likeness (QED) is 0.610. The number of amides is 1. The van der Waals surface area contributed by atoms with Gasteiger partial charge in [0.05, 0.1) is 16.9 Å². The third-order valence-electron chi connectivity index (χ3n) is 3.31. The van der Waals surface area contributed by atoms with Crippen LogP contribution in [0.15, 0.2) is 42.5 Å². The van der Waals surface area contributed by atoms with Crippen molar-refractivity contribution in [3.05, 3.63) is 63.7 Å². The predicted octanol–water partition coefficient (Wildman–Crippen LogP) is 3.59. The minimum absolute atomic E-state index is 0.148. The average Bonchev–Trinajstić information content (AvgIpc) is 2.60. The van der Waals surface area contributed by atoms with Gasteiger partial charge in [-0.25, -0.2) is 0 Å². The van der Waals surface area contributed by atoms with Gasteiger partial charge in [-0.3, -0.25) is 14.9 Å². The Hall–Kier alpha value is -3.61. The summed E-state index contributed by atoms with van der Waals surface area (Å²) in [6.45, 7) is -1.55. The van der Waals surface area contributed by atoms with E-state index in [0.717, 1.165) is 12.1 Å². The number of anilines is 1. The summed E-state index contributed by atoms with van der Waals surface area (Å²) >= 11 is 0.